The third-order valence-electron chi connectivity index (χ3n) is 5.40. The van der Waals surface area contributed by atoms with Gasteiger partial charge in [0.15, 0.2) is 16.3 Å². The fourth-order valence-corrected chi connectivity index (χ4v) is 5.00. The predicted molar refractivity (Wildman–Crippen MR) is 121 cm³/mol. The van der Waals surface area contributed by atoms with Gasteiger partial charge < -0.3 is 19.3 Å². The van der Waals surface area contributed by atoms with Gasteiger partial charge in [0.2, 0.25) is 6.79 Å². The molecule has 5 rings (SSSR count). The van der Waals surface area contributed by atoms with Crippen LogP contribution in [-0.2, 0) is 9.53 Å². The molecule has 0 saturated carbocycles. The number of aromatic nitrogens is 1. The summed E-state index contributed by atoms with van der Waals surface area (Å²) in [5, 5.41) is 9.77. The molecule has 0 amide bonds. The quantitative estimate of drug-likeness (QED) is 0.595. The summed E-state index contributed by atoms with van der Waals surface area (Å²) in [4.78, 5) is 31.5. The van der Waals surface area contributed by atoms with Crippen molar-refractivity contribution in [1.82, 2.24) is 4.57 Å². The lowest BCUT2D eigenvalue weighted by Gasteiger charge is -2.24. The lowest BCUT2D eigenvalue weighted by molar-refractivity contribution is -0.139. The molecular weight excluding hydrogens is 444 g/mol. The number of carbonyl (C=O) groups is 1. The molecule has 0 spiro atoms. The molecule has 2 aliphatic heterocycles. The molecule has 33 heavy (non-hydrogen) atoms. The largest absolute Gasteiger partial charge is 0.508 e. The van der Waals surface area contributed by atoms with Gasteiger partial charge in [0.1, 0.15) is 5.75 Å². The number of hydrogen-bond acceptors (Lipinski definition) is 8. The first-order valence-corrected chi connectivity index (χ1v) is 11.2. The number of allylic oxidation sites excluding steroid dienone is 1. The number of carbonyl (C=O) groups excluding carboxylic acids is 1. The highest BCUT2D eigenvalue weighted by Crippen LogP contribution is 2.38. The molecule has 168 valence electrons. The van der Waals surface area contributed by atoms with Crippen LogP contribution in [0.3, 0.4) is 0 Å². The molecule has 2 aromatic carbocycles. The van der Waals surface area contributed by atoms with Crippen molar-refractivity contribution in [3.05, 3.63) is 84.5 Å². The van der Waals surface area contributed by atoms with Gasteiger partial charge in [-0.05, 0) is 55.3 Å². The highest BCUT2D eigenvalue weighted by molar-refractivity contribution is 7.07. The van der Waals surface area contributed by atoms with Crippen LogP contribution in [0, 0.1) is 0 Å². The van der Waals surface area contributed by atoms with Gasteiger partial charge in [-0.15, -0.1) is 0 Å². The normalized spacial score (nSPS) is 17.0. The fourth-order valence-electron chi connectivity index (χ4n) is 3.96. The first-order chi connectivity index (χ1) is 16.0. The van der Waals surface area contributed by atoms with E-state index < -0.39 is 12.0 Å². The van der Waals surface area contributed by atoms with E-state index in [-0.39, 0.29) is 24.7 Å². The van der Waals surface area contributed by atoms with Crippen LogP contribution >= 0.6 is 11.3 Å². The molecule has 3 heterocycles. The van der Waals surface area contributed by atoms with Crippen LogP contribution < -0.4 is 24.4 Å². The number of thiazole rings is 1. The molecule has 2 aliphatic rings. The zero-order chi connectivity index (χ0) is 23.1. The van der Waals surface area contributed by atoms with E-state index in [0.717, 1.165) is 0 Å². The third kappa shape index (κ3) is 3.70. The van der Waals surface area contributed by atoms with Crippen LogP contribution in [0.15, 0.2) is 63.5 Å². The van der Waals surface area contributed by atoms with Crippen LogP contribution in [0.2, 0.25) is 0 Å². The summed E-state index contributed by atoms with van der Waals surface area (Å²) >= 11 is 1.22. The summed E-state index contributed by atoms with van der Waals surface area (Å²) in [5.41, 5.74) is 1.86. The number of benzene rings is 2. The molecule has 0 fully saturated rings. The average Bonchev–Trinajstić information content (AvgIpc) is 3.37. The Hall–Kier alpha value is -3.85. The molecular formula is C24H20N2O6S. The second-order valence-corrected chi connectivity index (χ2v) is 8.52. The van der Waals surface area contributed by atoms with Crippen LogP contribution in [0.4, 0.5) is 0 Å². The number of hydrogen-bond donors (Lipinski definition) is 1. The Morgan fingerprint density at radius 3 is 2.88 bits per heavy atom. The van der Waals surface area contributed by atoms with Crippen LogP contribution in [0.1, 0.15) is 31.0 Å². The number of fused-ring (bicyclic) bond motifs is 2. The monoisotopic (exact) mass is 464 g/mol. The molecule has 0 radical (unpaired) electrons. The van der Waals surface area contributed by atoms with E-state index >= 15 is 0 Å². The summed E-state index contributed by atoms with van der Waals surface area (Å²) < 4.78 is 18.2. The van der Waals surface area contributed by atoms with Gasteiger partial charge in [-0.25, -0.2) is 9.79 Å². The standard InChI is InChI=1S/C24H20N2O6S/c1-3-30-23(29)20-13(2)25-24-26(21(20)15-7-8-17-18(11-15)32-12-31-17)22(28)19(33-24)10-14-5-4-6-16(27)9-14/h4-11,21,27H,3,12H2,1-2H3. The Balaban J connectivity index is 1.73. The van der Waals surface area contributed by atoms with Crippen LogP contribution in [-0.4, -0.2) is 29.0 Å². The van der Waals surface area contributed by atoms with E-state index in [4.69, 9.17) is 14.2 Å². The van der Waals surface area contributed by atoms with Gasteiger partial charge >= 0.3 is 5.97 Å². The van der Waals surface area contributed by atoms with Crippen molar-refractivity contribution in [2.45, 2.75) is 19.9 Å². The van der Waals surface area contributed by atoms with Crippen molar-refractivity contribution < 1.29 is 24.1 Å². The van der Waals surface area contributed by atoms with Gasteiger partial charge in [0.25, 0.3) is 5.56 Å². The molecule has 1 atom stereocenters. The summed E-state index contributed by atoms with van der Waals surface area (Å²) in [6.45, 7) is 3.78. The predicted octanol–water partition coefficient (Wildman–Crippen LogP) is 2.23. The van der Waals surface area contributed by atoms with E-state index in [1.54, 1.807) is 56.3 Å². The van der Waals surface area contributed by atoms with Crippen molar-refractivity contribution in [3.8, 4) is 17.2 Å². The SMILES string of the molecule is CCOC(=O)C1=C(C)N=c2sc(=Cc3cccc(O)c3)c(=O)n2C1c1ccc2c(c1)OCO2. The molecule has 0 saturated heterocycles. The summed E-state index contributed by atoms with van der Waals surface area (Å²) in [7, 11) is 0. The smallest absolute Gasteiger partial charge is 0.338 e. The van der Waals surface area contributed by atoms with Crippen LogP contribution in [0.5, 0.6) is 17.2 Å². The van der Waals surface area contributed by atoms with E-state index in [0.29, 0.717) is 43.2 Å². The maximum Gasteiger partial charge on any atom is 0.338 e. The van der Waals surface area contributed by atoms with E-state index in [9.17, 15) is 14.7 Å². The molecule has 3 aromatic rings. The second kappa shape index (κ2) is 8.25. The Bertz CT molecular complexity index is 1480. The molecule has 0 aliphatic carbocycles. The highest BCUT2D eigenvalue weighted by Gasteiger charge is 2.34. The second-order valence-electron chi connectivity index (χ2n) is 7.51. The molecule has 8 nitrogen and oxygen atoms in total. The van der Waals surface area contributed by atoms with Crippen molar-refractivity contribution in [1.29, 1.82) is 0 Å². The number of ether oxygens (including phenoxy) is 3. The highest BCUT2D eigenvalue weighted by atomic mass is 32.1. The maximum absolute atomic E-state index is 13.5. The average molecular weight is 464 g/mol. The molecule has 1 unspecified atom stereocenters. The number of aromatic hydroxyl groups is 1. The number of rotatable bonds is 4. The zero-order valence-corrected chi connectivity index (χ0v) is 18.7. The van der Waals surface area contributed by atoms with Gasteiger partial charge in [0, 0.05) is 0 Å². The zero-order valence-electron chi connectivity index (χ0n) is 17.9. The van der Waals surface area contributed by atoms with Gasteiger partial charge in [-0.3, -0.25) is 9.36 Å². The van der Waals surface area contributed by atoms with Crippen molar-refractivity contribution in [2.24, 2.45) is 4.99 Å². The number of phenols is 1. The van der Waals surface area contributed by atoms with Crippen molar-refractivity contribution in [2.75, 3.05) is 13.4 Å². The first-order valence-electron chi connectivity index (χ1n) is 10.3. The summed E-state index contributed by atoms with van der Waals surface area (Å²) in [6.07, 6.45) is 1.70. The minimum Gasteiger partial charge on any atom is -0.508 e. The van der Waals surface area contributed by atoms with E-state index in [1.807, 2.05) is 6.07 Å². The van der Waals surface area contributed by atoms with Crippen LogP contribution in [0.25, 0.3) is 6.08 Å². The number of nitrogens with zero attached hydrogens (tertiary/aromatic N) is 2. The Morgan fingerprint density at radius 1 is 1.27 bits per heavy atom. The summed E-state index contributed by atoms with van der Waals surface area (Å²) in [6, 6.07) is 11.2. The maximum atomic E-state index is 13.5. The van der Waals surface area contributed by atoms with Gasteiger partial charge in [-0.1, -0.05) is 29.5 Å². The number of esters is 1. The first kappa shape index (κ1) is 21.0. The van der Waals surface area contributed by atoms with Gasteiger partial charge in [0.05, 0.1) is 28.5 Å². The Kier molecular flexibility index (Phi) is 5.26. The Labute approximate surface area is 192 Å². The fraction of sp³-hybridized carbons (Fsp3) is 0.208. The lowest BCUT2D eigenvalue weighted by atomic mass is 9.95. The van der Waals surface area contributed by atoms with E-state index in [2.05, 4.69) is 4.99 Å². The lowest BCUT2D eigenvalue weighted by Crippen LogP contribution is -2.39. The minimum absolute atomic E-state index is 0.107. The molecule has 1 aromatic heterocycles. The molecule has 9 heteroatoms. The number of phenolic OH excluding ortho intramolecular Hbond substituents is 1. The van der Waals surface area contributed by atoms with Crippen molar-refractivity contribution >= 4 is 23.4 Å². The molecule has 0 bridgehead atoms. The van der Waals surface area contributed by atoms with Crippen molar-refractivity contribution in [3.63, 3.8) is 0 Å². The van der Waals surface area contributed by atoms with Gasteiger partial charge in [-0.2, -0.15) is 0 Å². The third-order valence-corrected chi connectivity index (χ3v) is 6.38. The molecule has 1 N–H and O–H groups in total. The van der Waals surface area contributed by atoms with E-state index in [1.165, 1.54) is 15.9 Å². The summed E-state index contributed by atoms with van der Waals surface area (Å²) in [5.74, 6) is 0.736. The Morgan fingerprint density at radius 2 is 2.09 bits per heavy atom. The minimum atomic E-state index is -0.735. The topological polar surface area (TPSA) is 99.4 Å².